The number of fused-ring (bicyclic) bond motifs is 1. The van der Waals surface area contributed by atoms with Crippen molar-refractivity contribution in [3.05, 3.63) is 52.6 Å². The Morgan fingerprint density at radius 3 is 2.87 bits per heavy atom. The number of nitrogens with one attached hydrogen (secondary N) is 2. The molecule has 1 amide bonds. The zero-order valence-electron chi connectivity index (χ0n) is 17.6. The molecule has 0 fully saturated rings. The maximum absolute atomic E-state index is 14.2. The molecule has 5 nitrogen and oxygen atoms in total. The van der Waals surface area contributed by atoms with E-state index in [4.69, 9.17) is 0 Å². The third-order valence-electron chi connectivity index (χ3n) is 5.52. The Bertz CT molecular complexity index is 928. The van der Waals surface area contributed by atoms with E-state index in [0.29, 0.717) is 35.5 Å². The highest BCUT2D eigenvalue weighted by Crippen LogP contribution is 2.31. The number of aryl methyl sites for hydroxylation is 1. The lowest BCUT2D eigenvalue weighted by Crippen LogP contribution is -2.47. The summed E-state index contributed by atoms with van der Waals surface area (Å²) in [6.07, 6.45) is 4.92. The second-order valence-corrected chi connectivity index (χ2v) is 9.35. The van der Waals surface area contributed by atoms with Crippen molar-refractivity contribution in [2.45, 2.75) is 70.4 Å². The maximum Gasteiger partial charge on any atom is 0.243 e. The van der Waals surface area contributed by atoms with Crippen LogP contribution in [0.15, 0.2) is 24.8 Å². The zero-order chi connectivity index (χ0) is 21.9. The predicted molar refractivity (Wildman–Crippen MR) is 116 cm³/mol. The third-order valence-corrected chi connectivity index (χ3v) is 6.72. The van der Waals surface area contributed by atoms with Gasteiger partial charge < -0.3 is 5.32 Å². The average molecular weight is 435 g/mol. The van der Waals surface area contributed by atoms with E-state index in [1.54, 1.807) is 0 Å². The number of aromatic nitrogens is 2. The fourth-order valence-corrected chi connectivity index (χ4v) is 4.64. The molecule has 8 heteroatoms. The number of nitrogens with zero attached hydrogens (tertiary/aromatic N) is 2. The number of benzene rings is 1. The molecule has 1 aromatic heterocycles. The fourth-order valence-electron chi connectivity index (χ4n) is 3.78. The molecule has 2 atom stereocenters. The van der Waals surface area contributed by atoms with Gasteiger partial charge in [-0.15, -0.1) is 16.8 Å². The lowest BCUT2D eigenvalue weighted by atomic mass is 9.87. The Hall–Kier alpha value is -2.19. The van der Waals surface area contributed by atoms with Crippen molar-refractivity contribution in [3.8, 4) is 0 Å². The topological polar surface area (TPSA) is 66.9 Å². The lowest BCUT2D eigenvalue weighted by molar-refractivity contribution is -0.118. The average Bonchev–Trinajstić information content (AvgIpc) is 3.15. The van der Waals surface area contributed by atoms with Crippen molar-refractivity contribution in [1.29, 1.82) is 0 Å². The Labute approximate surface area is 180 Å². The summed E-state index contributed by atoms with van der Waals surface area (Å²) in [6, 6.07) is 1.84. The molecule has 0 aliphatic heterocycles. The molecule has 1 aromatic carbocycles. The number of hydrogen-bond acceptors (Lipinski definition) is 5. The SMILES string of the molecule is C=CCC(C)(C)c1nnc(NC(=O)[C@H](CC)NC2CCc3cc(F)cc(F)c3C2)s1. The van der Waals surface area contributed by atoms with Gasteiger partial charge in [0.2, 0.25) is 11.0 Å². The van der Waals surface area contributed by atoms with Crippen LogP contribution in [-0.2, 0) is 23.1 Å². The second-order valence-electron chi connectivity index (χ2n) is 8.37. The summed E-state index contributed by atoms with van der Waals surface area (Å²) in [5.74, 6) is -1.25. The van der Waals surface area contributed by atoms with Crippen LogP contribution in [0.4, 0.5) is 13.9 Å². The van der Waals surface area contributed by atoms with Crippen LogP contribution in [0.25, 0.3) is 0 Å². The van der Waals surface area contributed by atoms with Gasteiger partial charge in [-0.2, -0.15) is 0 Å². The zero-order valence-corrected chi connectivity index (χ0v) is 18.4. The molecular weight excluding hydrogens is 406 g/mol. The summed E-state index contributed by atoms with van der Waals surface area (Å²) >= 11 is 1.36. The summed E-state index contributed by atoms with van der Waals surface area (Å²) in [7, 11) is 0. The van der Waals surface area contributed by atoms with Crippen molar-refractivity contribution in [2.24, 2.45) is 0 Å². The Morgan fingerprint density at radius 2 is 2.17 bits per heavy atom. The molecule has 0 saturated heterocycles. The van der Waals surface area contributed by atoms with Crippen LogP contribution in [0.2, 0.25) is 0 Å². The summed E-state index contributed by atoms with van der Waals surface area (Å²) < 4.78 is 27.6. The van der Waals surface area contributed by atoms with E-state index in [1.807, 2.05) is 13.0 Å². The lowest BCUT2D eigenvalue weighted by Gasteiger charge is -2.29. The van der Waals surface area contributed by atoms with Crippen LogP contribution in [0, 0.1) is 11.6 Å². The van der Waals surface area contributed by atoms with E-state index in [2.05, 4.69) is 41.3 Å². The molecule has 2 N–H and O–H groups in total. The first-order valence-corrected chi connectivity index (χ1v) is 11.0. The van der Waals surface area contributed by atoms with Crippen LogP contribution >= 0.6 is 11.3 Å². The first-order valence-electron chi connectivity index (χ1n) is 10.2. The largest absolute Gasteiger partial charge is 0.303 e. The van der Waals surface area contributed by atoms with Gasteiger partial charge in [-0.3, -0.25) is 10.1 Å². The molecule has 0 saturated carbocycles. The quantitative estimate of drug-likeness (QED) is 0.599. The van der Waals surface area contributed by atoms with Crippen molar-refractivity contribution in [2.75, 3.05) is 5.32 Å². The molecule has 1 heterocycles. The monoisotopic (exact) mass is 434 g/mol. The first kappa shape index (κ1) is 22.5. The normalized spacial score (nSPS) is 17.3. The molecular formula is C22H28F2N4OS. The Kier molecular flexibility index (Phi) is 6.98. The molecule has 3 rings (SSSR count). The highest BCUT2D eigenvalue weighted by molar-refractivity contribution is 7.15. The van der Waals surface area contributed by atoms with Gasteiger partial charge in [0.15, 0.2) is 0 Å². The molecule has 1 aliphatic rings. The van der Waals surface area contributed by atoms with Gasteiger partial charge in [0.25, 0.3) is 0 Å². The highest BCUT2D eigenvalue weighted by Gasteiger charge is 2.28. The van der Waals surface area contributed by atoms with E-state index < -0.39 is 17.7 Å². The number of halogens is 2. The number of amides is 1. The van der Waals surface area contributed by atoms with Crippen molar-refractivity contribution in [1.82, 2.24) is 15.5 Å². The number of rotatable bonds is 8. The third kappa shape index (κ3) is 5.10. The molecule has 1 unspecified atom stereocenters. The molecule has 0 spiro atoms. The Morgan fingerprint density at radius 1 is 1.40 bits per heavy atom. The van der Waals surface area contributed by atoms with Gasteiger partial charge in [-0.05, 0) is 49.3 Å². The second kappa shape index (κ2) is 9.31. The van der Waals surface area contributed by atoms with Gasteiger partial charge in [-0.1, -0.05) is 38.2 Å². The van der Waals surface area contributed by atoms with E-state index in [9.17, 15) is 13.6 Å². The molecule has 0 bridgehead atoms. The number of anilines is 1. The number of allylic oxidation sites excluding steroid dienone is 1. The smallest absolute Gasteiger partial charge is 0.243 e. The molecule has 1 aliphatic carbocycles. The van der Waals surface area contributed by atoms with Crippen molar-refractivity contribution >= 4 is 22.4 Å². The van der Waals surface area contributed by atoms with Crippen LogP contribution in [0.3, 0.4) is 0 Å². The molecule has 2 aromatic rings. The highest BCUT2D eigenvalue weighted by atomic mass is 32.1. The number of hydrogen-bond donors (Lipinski definition) is 2. The Balaban J connectivity index is 1.63. The van der Waals surface area contributed by atoms with Crippen LogP contribution in [-0.4, -0.2) is 28.2 Å². The number of carbonyl (C=O) groups is 1. The van der Waals surface area contributed by atoms with Gasteiger partial charge in [0.1, 0.15) is 16.6 Å². The summed E-state index contributed by atoms with van der Waals surface area (Å²) in [4.78, 5) is 12.8. The van der Waals surface area contributed by atoms with Gasteiger partial charge in [0, 0.05) is 17.5 Å². The minimum Gasteiger partial charge on any atom is -0.303 e. The van der Waals surface area contributed by atoms with E-state index in [0.717, 1.165) is 23.9 Å². The van der Waals surface area contributed by atoms with Crippen molar-refractivity contribution in [3.63, 3.8) is 0 Å². The maximum atomic E-state index is 14.2. The van der Waals surface area contributed by atoms with Crippen LogP contribution in [0.5, 0.6) is 0 Å². The van der Waals surface area contributed by atoms with Crippen LogP contribution in [0.1, 0.15) is 56.2 Å². The van der Waals surface area contributed by atoms with E-state index in [-0.39, 0.29) is 17.4 Å². The van der Waals surface area contributed by atoms with Crippen LogP contribution < -0.4 is 10.6 Å². The minimum atomic E-state index is -0.545. The molecule has 162 valence electrons. The summed E-state index contributed by atoms with van der Waals surface area (Å²) in [6.45, 7) is 9.81. The fraction of sp³-hybridized carbons (Fsp3) is 0.500. The molecule has 0 radical (unpaired) electrons. The summed E-state index contributed by atoms with van der Waals surface area (Å²) in [5, 5.41) is 15.8. The minimum absolute atomic E-state index is 0.0512. The van der Waals surface area contributed by atoms with Gasteiger partial charge in [0.05, 0.1) is 6.04 Å². The summed E-state index contributed by atoms with van der Waals surface area (Å²) in [5.41, 5.74) is 1.06. The van der Waals surface area contributed by atoms with Crippen molar-refractivity contribution < 1.29 is 13.6 Å². The van der Waals surface area contributed by atoms with E-state index >= 15 is 0 Å². The first-order chi connectivity index (χ1) is 14.2. The standard InChI is InChI=1S/C22H28F2N4OS/c1-5-9-22(3,4)20-27-28-21(30-20)26-19(29)18(6-2)25-15-8-7-13-10-14(23)11-17(24)16(13)12-15/h5,10-11,15,18,25H,1,6-9,12H2,2-4H3,(H,26,28,29)/t15?,18-/m0/s1. The molecule has 30 heavy (non-hydrogen) atoms. The van der Waals surface area contributed by atoms with Gasteiger partial charge in [-0.25, -0.2) is 8.78 Å². The van der Waals surface area contributed by atoms with Gasteiger partial charge >= 0.3 is 0 Å². The number of carbonyl (C=O) groups excluding carboxylic acids is 1. The van der Waals surface area contributed by atoms with E-state index in [1.165, 1.54) is 17.4 Å². The predicted octanol–water partition coefficient (Wildman–Crippen LogP) is 4.53.